The Kier molecular flexibility index (Phi) is 43.3. The first-order valence-electron chi connectivity index (χ1n) is 26.0. The maximum absolute atomic E-state index is 12.8. The van der Waals surface area contributed by atoms with Gasteiger partial charge in [-0.15, -0.1) is 0 Å². The van der Waals surface area contributed by atoms with Gasteiger partial charge in [0.25, 0.3) is 0 Å². The van der Waals surface area contributed by atoms with Gasteiger partial charge in [-0.05, 0) is 70.6 Å². The minimum Gasteiger partial charge on any atom is -0.544 e. The van der Waals surface area contributed by atoms with Gasteiger partial charge < -0.3 is 28.6 Å². The Morgan fingerprint density at radius 2 is 0.855 bits per heavy atom. The summed E-state index contributed by atoms with van der Waals surface area (Å²) in [4.78, 5) is 37.0. The zero-order valence-corrected chi connectivity index (χ0v) is 41.3. The number of nitrogens with zero attached hydrogens (tertiary/aromatic N) is 1. The van der Waals surface area contributed by atoms with Crippen molar-refractivity contribution in [2.45, 2.75) is 251 Å². The highest BCUT2D eigenvalue weighted by Gasteiger charge is 2.25. The van der Waals surface area contributed by atoms with E-state index in [-0.39, 0.29) is 42.7 Å². The van der Waals surface area contributed by atoms with E-state index in [1.165, 1.54) is 154 Å². The molecule has 0 N–H and O–H groups in total. The van der Waals surface area contributed by atoms with E-state index >= 15 is 0 Å². The maximum atomic E-state index is 12.8. The lowest BCUT2D eigenvalue weighted by atomic mass is 10.1. The summed E-state index contributed by atoms with van der Waals surface area (Å²) in [5.41, 5.74) is 0. The maximum Gasteiger partial charge on any atom is 0.306 e. The van der Waals surface area contributed by atoms with E-state index in [4.69, 9.17) is 14.2 Å². The Bertz CT molecular complexity index is 1110. The number of ether oxygens (including phenoxy) is 3. The molecule has 0 aromatic heterocycles. The Hall–Kier alpha value is -2.45. The van der Waals surface area contributed by atoms with Crippen LogP contribution in [0, 0.1) is 0 Å². The molecular formula is C54H99NO7. The van der Waals surface area contributed by atoms with Crippen molar-refractivity contribution in [2.75, 3.05) is 41.0 Å². The van der Waals surface area contributed by atoms with Gasteiger partial charge in [-0.3, -0.25) is 9.59 Å². The molecule has 0 fully saturated rings. The minimum absolute atomic E-state index is 0.0380. The second-order valence-corrected chi connectivity index (χ2v) is 18.8. The van der Waals surface area contributed by atoms with Crippen LogP contribution in [0.25, 0.3) is 0 Å². The third kappa shape index (κ3) is 42.8. The van der Waals surface area contributed by atoms with E-state index in [0.717, 1.165) is 51.4 Å². The number of carboxylic acid groups (broad SMARTS) is 1. The first-order chi connectivity index (χ1) is 30.1. The molecule has 0 rings (SSSR count). The average Bonchev–Trinajstić information content (AvgIpc) is 3.23. The summed E-state index contributed by atoms with van der Waals surface area (Å²) in [5.74, 6) is -1.74. The minimum atomic E-state index is -1.13. The Morgan fingerprint density at radius 1 is 0.484 bits per heavy atom. The van der Waals surface area contributed by atoms with Crippen LogP contribution in [0.4, 0.5) is 0 Å². The molecule has 0 saturated heterocycles. The van der Waals surface area contributed by atoms with Crippen molar-refractivity contribution in [1.29, 1.82) is 0 Å². The molecular weight excluding hydrogens is 775 g/mol. The topological polar surface area (TPSA) is 102 Å². The molecule has 0 amide bonds. The molecule has 62 heavy (non-hydrogen) atoms. The highest BCUT2D eigenvalue weighted by atomic mass is 16.6. The van der Waals surface area contributed by atoms with Crippen LogP contribution in [0.3, 0.4) is 0 Å². The lowest BCUT2D eigenvalue weighted by Crippen LogP contribution is -2.55. The lowest BCUT2D eigenvalue weighted by Gasteiger charge is -2.34. The van der Waals surface area contributed by atoms with Gasteiger partial charge >= 0.3 is 11.9 Å². The second kappa shape index (κ2) is 45.1. The number of hydrogen-bond donors (Lipinski definition) is 0. The molecule has 2 unspecified atom stereocenters. The Balaban J connectivity index is 4.22. The zero-order valence-electron chi connectivity index (χ0n) is 41.3. The lowest BCUT2D eigenvalue weighted by molar-refractivity contribution is -0.889. The molecule has 0 heterocycles. The highest BCUT2D eigenvalue weighted by molar-refractivity contribution is 5.70. The molecule has 0 aromatic rings. The molecule has 0 aromatic carbocycles. The fraction of sp³-hybridized carbons (Fsp3) is 0.833. The van der Waals surface area contributed by atoms with E-state index in [1.807, 2.05) is 0 Å². The van der Waals surface area contributed by atoms with E-state index in [9.17, 15) is 19.5 Å². The quantitative estimate of drug-likeness (QED) is 0.0260. The van der Waals surface area contributed by atoms with Crippen molar-refractivity contribution < 1.29 is 38.2 Å². The number of esters is 2. The molecule has 0 radical (unpaired) electrons. The standard InChI is InChI=1S/C54H99NO7/c1-6-8-10-12-14-16-18-20-22-23-24-25-26-27-28-29-31-32-34-36-38-40-42-44-52(56)61-49-50(48-60-47-46-51(54(58)59)55(3,4)5)62-53(57)45-43-41-39-37-35-33-30-21-19-17-15-13-11-9-7-2/h17,19,24-25,27-28,50-51H,6-16,18,20-23,26,29-49H2,1-5H3/b19-17+,25-24+,28-27+. The van der Waals surface area contributed by atoms with Crippen LogP contribution < -0.4 is 5.11 Å². The van der Waals surface area contributed by atoms with Crippen molar-refractivity contribution in [3.8, 4) is 0 Å². The molecule has 0 spiro atoms. The smallest absolute Gasteiger partial charge is 0.306 e. The van der Waals surface area contributed by atoms with Gasteiger partial charge in [-0.2, -0.15) is 0 Å². The van der Waals surface area contributed by atoms with E-state index in [2.05, 4.69) is 50.3 Å². The monoisotopic (exact) mass is 874 g/mol. The van der Waals surface area contributed by atoms with E-state index < -0.39 is 18.1 Å². The summed E-state index contributed by atoms with van der Waals surface area (Å²) in [5, 5.41) is 11.7. The Labute approximate surface area is 383 Å². The summed E-state index contributed by atoms with van der Waals surface area (Å²) in [6.45, 7) is 4.66. The van der Waals surface area contributed by atoms with Crippen LogP contribution in [-0.4, -0.2) is 75.5 Å². The zero-order chi connectivity index (χ0) is 45.6. The number of unbranched alkanes of at least 4 members (excludes halogenated alkanes) is 27. The van der Waals surface area contributed by atoms with Gasteiger partial charge in [0.1, 0.15) is 12.6 Å². The van der Waals surface area contributed by atoms with Gasteiger partial charge in [0.15, 0.2) is 6.10 Å². The number of aliphatic carboxylic acids is 1. The number of quaternary nitrogens is 1. The molecule has 0 aliphatic rings. The number of hydrogen-bond acceptors (Lipinski definition) is 7. The summed E-state index contributed by atoms with van der Waals surface area (Å²) in [6.07, 6.45) is 53.2. The first-order valence-corrected chi connectivity index (χ1v) is 26.0. The third-order valence-electron chi connectivity index (χ3n) is 11.7. The number of carbonyl (C=O) groups is 3. The van der Waals surface area contributed by atoms with Gasteiger partial charge in [0, 0.05) is 19.3 Å². The van der Waals surface area contributed by atoms with E-state index in [1.54, 1.807) is 21.1 Å². The van der Waals surface area contributed by atoms with E-state index in [0.29, 0.717) is 12.8 Å². The molecule has 362 valence electrons. The summed E-state index contributed by atoms with van der Waals surface area (Å²) in [6, 6.07) is -0.727. The van der Waals surface area contributed by atoms with Crippen molar-refractivity contribution in [1.82, 2.24) is 0 Å². The SMILES string of the molecule is CCCCCC/C=C/CCCCCCCCCC(=O)OC(COCCC(C(=O)[O-])[N+](C)(C)C)COC(=O)CCCCCCCCC/C=C/C/C=C/CCCCCCCCCCC. The van der Waals surface area contributed by atoms with Gasteiger partial charge in [-0.25, -0.2) is 0 Å². The van der Waals surface area contributed by atoms with Gasteiger partial charge in [0.05, 0.1) is 40.3 Å². The predicted molar refractivity (Wildman–Crippen MR) is 259 cm³/mol. The van der Waals surface area contributed by atoms with Crippen LogP contribution in [0.5, 0.6) is 0 Å². The van der Waals surface area contributed by atoms with Crippen LogP contribution in [-0.2, 0) is 28.6 Å². The molecule has 0 bridgehead atoms. The molecule has 0 saturated carbocycles. The highest BCUT2D eigenvalue weighted by Crippen LogP contribution is 2.15. The third-order valence-corrected chi connectivity index (χ3v) is 11.7. The van der Waals surface area contributed by atoms with Gasteiger partial charge in [-0.1, -0.05) is 185 Å². The first kappa shape index (κ1) is 59.5. The van der Waals surface area contributed by atoms with Crippen LogP contribution in [0.15, 0.2) is 36.5 Å². The average molecular weight is 874 g/mol. The van der Waals surface area contributed by atoms with Crippen molar-refractivity contribution in [3.05, 3.63) is 36.5 Å². The second-order valence-electron chi connectivity index (χ2n) is 18.8. The van der Waals surface area contributed by atoms with Gasteiger partial charge in [0.2, 0.25) is 0 Å². The van der Waals surface area contributed by atoms with Crippen LogP contribution in [0.2, 0.25) is 0 Å². The van der Waals surface area contributed by atoms with Crippen LogP contribution in [0.1, 0.15) is 239 Å². The normalized spacial score (nSPS) is 13.1. The van der Waals surface area contributed by atoms with Crippen molar-refractivity contribution in [2.24, 2.45) is 0 Å². The number of carbonyl (C=O) groups excluding carboxylic acids is 3. The van der Waals surface area contributed by atoms with Crippen LogP contribution >= 0.6 is 0 Å². The van der Waals surface area contributed by atoms with Crippen molar-refractivity contribution >= 4 is 17.9 Å². The summed E-state index contributed by atoms with van der Waals surface area (Å²) < 4.78 is 17.2. The number of allylic oxidation sites excluding steroid dienone is 6. The largest absolute Gasteiger partial charge is 0.544 e. The summed E-state index contributed by atoms with van der Waals surface area (Å²) >= 11 is 0. The number of carboxylic acids is 1. The molecule has 8 heteroatoms. The Morgan fingerprint density at radius 3 is 1.27 bits per heavy atom. The fourth-order valence-corrected chi connectivity index (χ4v) is 7.69. The van der Waals surface area contributed by atoms with Crippen molar-refractivity contribution in [3.63, 3.8) is 0 Å². The number of rotatable bonds is 47. The molecule has 0 aliphatic carbocycles. The molecule has 8 nitrogen and oxygen atoms in total. The number of likely N-dealkylation sites (N-methyl/N-ethyl adjacent to an activating group) is 1. The fourth-order valence-electron chi connectivity index (χ4n) is 7.69. The molecule has 0 aliphatic heterocycles. The predicted octanol–water partition coefficient (Wildman–Crippen LogP) is 13.6. The molecule has 2 atom stereocenters. The summed E-state index contributed by atoms with van der Waals surface area (Å²) in [7, 11) is 5.41.